The van der Waals surface area contributed by atoms with E-state index >= 15 is 0 Å². The third-order valence-electron chi connectivity index (χ3n) is 4.27. The Labute approximate surface area is 119 Å². The van der Waals surface area contributed by atoms with Gasteiger partial charge < -0.3 is 14.6 Å². The van der Waals surface area contributed by atoms with E-state index in [-0.39, 0.29) is 11.9 Å². The van der Waals surface area contributed by atoms with Gasteiger partial charge in [-0.3, -0.25) is 4.79 Å². The van der Waals surface area contributed by atoms with Gasteiger partial charge in [0.05, 0.1) is 6.10 Å². The molecule has 1 saturated heterocycles. The molecule has 0 aliphatic carbocycles. The molecule has 1 aromatic heterocycles. The average Bonchev–Trinajstić information content (AvgIpc) is 2.94. The zero-order valence-electron chi connectivity index (χ0n) is 11.9. The standard InChI is InChI=1S/C15H23N3O2/c19-15(7-5-13-3-1-2-10-20-13)17-12-4-6-14-16-8-9-18(14)11-12/h8-9,12-13H,1-7,10-11H2,(H,17,19)/t12-,13-/m0/s1. The number of aromatic nitrogens is 2. The van der Waals surface area contributed by atoms with E-state index in [2.05, 4.69) is 14.9 Å². The highest BCUT2D eigenvalue weighted by Crippen LogP contribution is 2.17. The van der Waals surface area contributed by atoms with Crippen LogP contribution in [-0.2, 0) is 22.5 Å². The summed E-state index contributed by atoms with van der Waals surface area (Å²) in [7, 11) is 0. The van der Waals surface area contributed by atoms with Gasteiger partial charge in [0.15, 0.2) is 0 Å². The molecule has 5 nitrogen and oxygen atoms in total. The second-order valence-electron chi connectivity index (χ2n) is 5.83. The van der Waals surface area contributed by atoms with Crippen LogP contribution in [0.2, 0.25) is 0 Å². The Morgan fingerprint density at radius 1 is 1.45 bits per heavy atom. The molecule has 110 valence electrons. The quantitative estimate of drug-likeness (QED) is 0.910. The van der Waals surface area contributed by atoms with Gasteiger partial charge in [0, 0.05) is 44.4 Å². The van der Waals surface area contributed by atoms with E-state index in [1.807, 2.05) is 12.4 Å². The minimum Gasteiger partial charge on any atom is -0.378 e. The van der Waals surface area contributed by atoms with E-state index in [1.54, 1.807) is 0 Å². The molecule has 0 radical (unpaired) electrons. The molecule has 3 rings (SSSR count). The Morgan fingerprint density at radius 3 is 3.25 bits per heavy atom. The van der Waals surface area contributed by atoms with Crippen molar-refractivity contribution < 1.29 is 9.53 Å². The number of aryl methyl sites for hydroxylation is 1. The fraction of sp³-hybridized carbons (Fsp3) is 0.733. The van der Waals surface area contributed by atoms with Crippen LogP contribution in [0.1, 0.15) is 44.3 Å². The fourth-order valence-electron chi connectivity index (χ4n) is 3.11. The van der Waals surface area contributed by atoms with E-state index in [9.17, 15) is 4.79 Å². The Kier molecular flexibility index (Phi) is 4.35. The van der Waals surface area contributed by atoms with Crippen molar-refractivity contribution in [1.29, 1.82) is 0 Å². The van der Waals surface area contributed by atoms with E-state index in [4.69, 9.17) is 4.74 Å². The van der Waals surface area contributed by atoms with Crippen LogP contribution in [0.5, 0.6) is 0 Å². The van der Waals surface area contributed by atoms with E-state index in [0.717, 1.165) is 51.1 Å². The van der Waals surface area contributed by atoms with Crippen LogP contribution < -0.4 is 5.32 Å². The van der Waals surface area contributed by atoms with Crippen molar-refractivity contribution in [2.24, 2.45) is 0 Å². The molecule has 0 bridgehead atoms. The summed E-state index contributed by atoms with van der Waals surface area (Å²) < 4.78 is 7.80. The van der Waals surface area contributed by atoms with Crippen LogP contribution in [0.25, 0.3) is 0 Å². The maximum absolute atomic E-state index is 12.0. The Morgan fingerprint density at radius 2 is 2.40 bits per heavy atom. The smallest absolute Gasteiger partial charge is 0.220 e. The van der Waals surface area contributed by atoms with Crippen molar-refractivity contribution in [1.82, 2.24) is 14.9 Å². The van der Waals surface area contributed by atoms with E-state index < -0.39 is 0 Å². The molecule has 1 amide bonds. The molecule has 0 aromatic carbocycles. The molecule has 0 saturated carbocycles. The van der Waals surface area contributed by atoms with Crippen molar-refractivity contribution in [2.45, 2.75) is 63.6 Å². The summed E-state index contributed by atoms with van der Waals surface area (Å²) in [5.74, 6) is 1.29. The maximum atomic E-state index is 12.0. The van der Waals surface area contributed by atoms with Crippen LogP contribution in [0.4, 0.5) is 0 Å². The summed E-state index contributed by atoms with van der Waals surface area (Å²) in [5, 5.41) is 3.15. The second-order valence-corrected chi connectivity index (χ2v) is 5.83. The molecule has 0 spiro atoms. The van der Waals surface area contributed by atoms with Gasteiger partial charge in [0.1, 0.15) is 5.82 Å². The van der Waals surface area contributed by atoms with Crippen LogP contribution in [0, 0.1) is 0 Å². The van der Waals surface area contributed by atoms with Gasteiger partial charge in [-0.15, -0.1) is 0 Å². The minimum atomic E-state index is 0.160. The molecule has 2 aliphatic rings. The van der Waals surface area contributed by atoms with Crippen molar-refractivity contribution >= 4 is 5.91 Å². The average molecular weight is 277 g/mol. The van der Waals surface area contributed by atoms with E-state index in [1.165, 1.54) is 6.42 Å². The highest BCUT2D eigenvalue weighted by atomic mass is 16.5. The highest BCUT2D eigenvalue weighted by molar-refractivity contribution is 5.76. The maximum Gasteiger partial charge on any atom is 0.220 e. The Hall–Kier alpha value is -1.36. The summed E-state index contributed by atoms with van der Waals surface area (Å²) in [6.07, 6.45) is 11.0. The number of carbonyl (C=O) groups is 1. The predicted octanol–water partition coefficient (Wildman–Crippen LogP) is 1.66. The first-order valence-corrected chi connectivity index (χ1v) is 7.72. The van der Waals surface area contributed by atoms with Crippen molar-refractivity contribution in [3.63, 3.8) is 0 Å². The van der Waals surface area contributed by atoms with Crippen LogP contribution >= 0.6 is 0 Å². The van der Waals surface area contributed by atoms with Gasteiger partial charge in [-0.2, -0.15) is 0 Å². The summed E-state index contributed by atoms with van der Waals surface area (Å²) in [6, 6.07) is 0.247. The van der Waals surface area contributed by atoms with Crippen LogP contribution in [0.3, 0.4) is 0 Å². The number of hydrogen-bond donors (Lipinski definition) is 1. The van der Waals surface area contributed by atoms with Gasteiger partial charge >= 0.3 is 0 Å². The molecular formula is C15H23N3O2. The van der Waals surface area contributed by atoms with Gasteiger partial charge in [0.25, 0.3) is 0 Å². The molecule has 2 aliphatic heterocycles. The Balaban J connectivity index is 1.41. The number of hydrogen-bond acceptors (Lipinski definition) is 3. The number of imidazole rings is 1. The van der Waals surface area contributed by atoms with Gasteiger partial charge in [-0.25, -0.2) is 4.98 Å². The lowest BCUT2D eigenvalue weighted by molar-refractivity contribution is -0.123. The predicted molar refractivity (Wildman–Crippen MR) is 75.3 cm³/mol. The second kappa shape index (κ2) is 6.39. The number of carbonyl (C=O) groups excluding carboxylic acids is 1. The van der Waals surface area contributed by atoms with Crippen molar-refractivity contribution in [3.05, 3.63) is 18.2 Å². The number of amides is 1. The molecular weight excluding hydrogens is 254 g/mol. The first-order chi connectivity index (χ1) is 9.81. The lowest BCUT2D eigenvalue weighted by Crippen LogP contribution is -2.41. The summed E-state index contributed by atoms with van der Waals surface area (Å²) >= 11 is 0. The topological polar surface area (TPSA) is 56.1 Å². The molecule has 1 N–H and O–H groups in total. The molecule has 0 unspecified atom stereocenters. The summed E-state index contributed by atoms with van der Waals surface area (Å²) in [6.45, 7) is 1.71. The van der Waals surface area contributed by atoms with Crippen LogP contribution in [-0.4, -0.2) is 34.2 Å². The normalized spacial score (nSPS) is 26.0. The third kappa shape index (κ3) is 3.39. The van der Waals surface area contributed by atoms with E-state index in [0.29, 0.717) is 12.5 Å². The molecule has 3 heterocycles. The van der Waals surface area contributed by atoms with Gasteiger partial charge in [0.2, 0.25) is 5.91 Å². The highest BCUT2D eigenvalue weighted by Gasteiger charge is 2.21. The molecule has 2 atom stereocenters. The summed E-state index contributed by atoms with van der Waals surface area (Å²) in [5.41, 5.74) is 0. The zero-order valence-corrected chi connectivity index (χ0v) is 11.9. The number of nitrogens with one attached hydrogen (secondary N) is 1. The lowest BCUT2D eigenvalue weighted by atomic mass is 10.0. The molecule has 1 fully saturated rings. The molecule has 20 heavy (non-hydrogen) atoms. The lowest BCUT2D eigenvalue weighted by Gasteiger charge is -2.26. The molecule has 5 heteroatoms. The SMILES string of the molecule is O=C(CC[C@@H]1CCCCO1)N[C@H]1CCc2nccn2C1. The number of rotatable bonds is 4. The number of fused-ring (bicyclic) bond motifs is 1. The first-order valence-electron chi connectivity index (χ1n) is 7.72. The molecule has 1 aromatic rings. The fourth-order valence-corrected chi connectivity index (χ4v) is 3.11. The minimum absolute atomic E-state index is 0.160. The summed E-state index contributed by atoms with van der Waals surface area (Å²) in [4.78, 5) is 16.3. The van der Waals surface area contributed by atoms with Crippen LogP contribution in [0.15, 0.2) is 12.4 Å². The largest absolute Gasteiger partial charge is 0.378 e. The van der Waals surface area contributed by atoms with Gasteiger partial charge in [-0.1, -0.05) is 0 Å². The van der Waals surface area contributed by atoms with Crippen molar-refractivity contribution in [3.8, 4) is 0 Å². The zero-order chi connectivity index (χ0) is 13.8. The monoisotopic (exact) mass is 277 g/mol. The Bertz CT molecular complexity index is 452. The van der Waals surface area contributed by atoms with Gasteiger partial charge in [-0.05, 0) is 32.1 Å². The number of ether oxygens (including phenoxy) is 1. The third-order valence-corrected chi connectivity index (χ3v) is 4.27. The first kappa shape index (κ1) is 13.6. The number of nitrogens with zero attached hydrogens (tertiary/aromatic N) is 2. The van der Waals surface area contributed by atoms with Crippen molar-refractivity contribution in [2.75, 3.05) is 6.61 Å².